The first-order chi connectivity index (χ1) is 9.66. The van der Waals surface area contributed by atoms with Crippen molar-refractivity contribution < 1.29 is 4.92 Å². The number of pyridine rings is 1. The van der Waals surface area contributed by atoms with Crippen molar-refractivity contribution >= 4 is 11.5 Å². The number of nitrogens with one attached hydrogen (secondary N) is 2. The van der Waals surface area contributed by atoms with Crippen LogP contribution in [0.5, 0.6) is 0 Å². The minimum absolute atomic E-state index is 0.0396. The van der Waals surface area contributed by atoms with Crippen molar-refractivity contribution in [1.29, 1.82) is 0 Å². The third-order valence-electron chi connectivity index (χ3n) is 3.36. The van der Waals surface area contributed by atoms with Crippen LogP contribution in [0.3, 0.4) is 0 Å². The fourth-order valence-corrected chi connectivity index (χ4v) is 2.27. The highest BCUT2D eigenvalue weighted by Crippen LogP contribution is 2.21. The van der Waals surface area contributed by atoms with Crippen molar-refractivity contribution in [2.75, 3.05) is 44.6 Å². The molecule has 1 saturated heterocycles. The zero-order chi connectivity index (χ0) is 14.4. The van der Waals surface area contributed by atoms with Crippen LogP contribution in [0.15, 0.2) is 12.1 Å². The van der Waals surface area contributed by atoms with E-state index in [1.807, 2.05) is 6.92 Å². The third-order valence-corrected chi connectivity index (χ3v) is 3.36. The lowest BCUT2D eigenvalue weighted by atomic mass is 10.3. The predicted octanol–water partition coefficient (Wildman–Crippen LogP) is 1.01. The van der Waals surface area contributed by atoms with E-state index in [1.165, 1.54) is 6.07 Å². The quantitative estimate of drug-likeness (QED) is 0.459. The van der Waals surface area contributed by atoms with Crippen LogP contribution in [0.4, 0.5) is 11.5 Å². The maximum atomic E-state index is 10.9. The molecule has 2 heterocycles. The number of anilines is 1. The number of aryl methyl sites for hydroxylation is 1. The summed E-state index contributed by atoms with van der Waals surface area (Å²) in [6.45, 7) is 7.76. The first kappa shape index (κ1) is 14.7. The van der Waals surface area contributed by atoms with Crippen LogP contribution < -0.4 is 10.6 Å². The lowest BCUT2D eigenvalue weighted by molar-refractivity contribution is -0.384. The molecule has 1 fully saturated rings. The predicted molar refractivity (Wildman–Crippen MR) is 78.0 cm³/mol. The summed E-state index contributed by atoms with van der Waals surface area (Å²) in [4.78, 5) is 17.1. The molecular formula is C13H21N5O2. The summed E-state index contributed by atoms with van der Waals surface area (Å²) in [5, 5.41) is 17.3. The van der Waals surface area contributed by atoms with Gasteiger partial charge >= 0.3 is 5.69 Å². The molecule has 0 amide bonds. The van der Waals surface area contributed by atoms with E-state index in [0.29, 0.717) is 12.4 Å². The van der Waals surface area contributed by atoms with Crippen LogP contribution in [-0.4, -0.2) is 54.1 Å². The Hall–Kier alpha value is -1.73. The van der Waals surface area contributed by atoms with E-state index in [-0.39, 0.29) is 5.69 Å². The van der Waals surface area contributed by atoms with Gasteiger partial charge in [0.2, 0.25) is 5.82 Å². The fourth-order valence-electron chi connectivity index (χ4n) is 2.27. The van der Waals surface area contributed by atoms with Gasteiger partial charge in [0.25, 0.3) is 0 Å². The van der Waals surface area contributed by atoms with E-state index < -0.39 is 4.92 Å². The average molecular weight is 279 g/mol. The van der Waals surface area contributed by atoms with Gasteiger partial charge in [0.15, 0.2) is 0 Å². The lowest BCUT2D eigenvalue weighted by Gasteiger charge is -2.27. The van der Waals surface area contributed by atoms with Gasteiger partial charge in [0.1, 0.15) is 0 Å². The zero-order valence-corrected chi connectivity index (χ0v) is 11.8. The van der Waals surface area contributed by atoms with Gasteiger partial charge in [-0.2, -0.15) is 0 Å². The van der Waals surface area contributed by atoms with Crippen LogP contribution in [0, 0.1) is 17.0 Å². The Balaban J connectivity index is 1.81. The molecule has 0 aliphatic carbocycles. The van der Waals surface area contributed by atoms with Gasteiger partial charge in [0.05, 0.1) is 4.92 Å². The zero-order valence-electron chi connectivity index (χ0n) is 11.8. The van der Waals surface area contributed by atoms with E-state index in [9.17, 15) is 10.1 Å². The van der Waals surface area contributed by atoms with Crippen molar-refractivity contribution in [3.05, 3.63) is 27.9 Å². The maximum absolute atomic E-state index is 10.9. The Morgan fingerprint density at radius 1 is 1.45 bits per heavy atom. The molecule has 1 aromatic rings. The fraction of sp³-hybridized carbons (Fsp3) is 0.615. The molecule has 0 spiro atoms. The molecule has 1 aliphatic heterocycles. The van der Waals surface area contributed by atoms with E-state index in [1.54, 1.807) is 6.07 Å². The highest BCUT2D eigenvalue weighted by molar-refractivity contribution is 5.55. The molecule has 1 aromatic heterocycles. The summed E-state index contributed by atoms with van der Waals surface area (Å²) in [7, 11) is 0. The van der Waals surface area contributed by atoms with Crippen LogP contribution in [0.1, 0.15) is 12.1 Å². The van der Waals surface area contributed by atoms with Gasteiger partial charge in [-0.05, 0) is 26.0 Å². The third kappa shape index (κ3) is 4.14. The normalized spacial score (nSPS) is 16.1. The van der Waals surface area contributed by atoms with Gasteiger partial charge in [-0.3, -0.25) is 10.1 Å². The van der Waals surface area contributed by atoms with Crippen molar-refractivity contribution in [3.63, 3.8) is 0 Å². The van der Waals surface area contributed by atoms with Crippen LogP contribution in [0.25, 0.3) is 0 Å². The van der Waals surface area contributed by atoms with Gasteiger partial charge in [-0.25, -0.2) is 4.98 Å². The maximum Gasteiger partial charge on any atom is 0.311 e. The molecule has 110 valence electrons. The number of hydrogen-bond donors (Lipinski definition) is 2. The highest BCUT2D eigenvalue weighted by Gasteiger charge is 2.15. The SMILES string of the molecule is Cc1ccc([N+](=O)[O-])c(NCCCN2CCNCC2)n1. The number of hydrogen-bond acceptors (Lipinski definition) is 6. The molecule has 2 N–H and O–H groups in total. The van der Waals surface area contributed by atoms with E-state index in [2.05, 4.69) is 20.5 Å². The smallest absolute Gasteiger partial charge is 0.311 e. The summed E-state index contributed by atoms with van der Waals surface area (Å²) >= 11 is 0. The van der Waals surface area contributed by atoms with Crippen molar-refractivity contribution in [1.82, 2.24) is 15.2 Å². The molecule has 0 aromatic carbocycles. The summed E-state index contributed by atoms with van der Waals surface area (Å²) in [6, 6.07) is 3.16. The standard InChI is InChI=1S/C13H21N5O2/c1-11-3-4-12(18(19)20)13(16-11)15-5-2-8-17-9-6-14-7-10-17/h3-4,14H,2,5-10H2,1H3,(H,15,16). The molecule has 20 heavy (non-hydrogen) atoms. The minimum atomic E-state index is -0.398. The second kappa shape index (κ2) is 7.16. The number of nitrogens with zero attached hydrogens (tertiary/aromatic N) is 3. The van der Waals surface area contributed by atoms with E-state index in [4.69, 9.17) is 0 Å². The largest absolute Gasteiger partial charge is 0.364 e. The molecule has 2 rings (SSSR count). The number of rotatable bonds is 6. The molecule has 0 bridgehead atoms. The molecule has 7 nitrogen and oxygen atoms in total. The van der Waals surface area contributed by atoms with Crippen LogP contribution in [-0.2, 0) is 0 Å². The molecule has 0 radical (unpaired) electrons. The Kier molecular flexibility index (Phi) is 5.25. The number of piperazine rings is 1. The summed E-state index contributed by atoms with van der Waals surface area (Å²) in [5.74, 6) is 0.371. The Morgan fingerprint density at radius 2 is 2.20 bits per heavy atom. The second-order valence-corrected chi connectivity index (χ2v) is 4.95. The molecule has 1 aliphatic rings. The van der Waals surface area contributed by atoms with Gasteiger partial charge in [-0.1, -0.05) is 0 Å². The van der Waals surface area contributed by atoms with Crippen molar-refractivity contribution in [2.45, 2.75) is 13.3 Å². The molecule has 0 atom stereocenters. The average Bonchev–Trinajstić information content (AvgIpc) is 2.44. The van der Waals surface area contributed by atoms with Gasteiger partial charge < -0.3 is 15.5 Å². The molecular weight excluding hydrogens is 258 g/mol. The number of aromatic nitrogens is 1. The monoisotopic (exact) mass is 279 g/mol. The summed E-state index contributed by atoms with van der Waals surface area (Å²) in [6.07, 6.45) is 0.951. The minimum Gasteiger partial charge on any atom is -0.364 e. The Morgan fingerprint density at radius 3 is 2.90 bits per heavy atom. The molecule has 0 unspecified atom stereocenters. The van der Waals surface area contributed by atoms with E-state index >= 15 is 0 Å². The molecule has 0 saturated carbocycles. The topological polar surface area (TPSA) is 83.3 Å². The highest BCUT2D eigenvalue weighted by atomic mass is 16.6. The van der Waals surface area contributed by atoms with Crippen LogP contribution in [0.2, 0.25) is 0 Å². The van der Waals surface area contributed by atoms with Crippen molar-refractivity contribution in [2.24, 2.45) is 0 Å². The lowest BCUT2D eigenvalue weighted by Crippen LogP contribution is -2.44. The van der Waals surface area contributed by atoms with Gasteiger partial charge in [0, 0.05) is 44.5 Å². The second-order valence-electron chi connectivity index (χ2n) is 4.95. The van der Waals surface area contributed by atoms with Gasteiger partial charge in [-0.15, -0.1) is 0 Å². The van der Waals surface area contributed by atoms with Crippen molar-refractivity contribution in [3.8, 4) is 0 Å². The first-order valence-electron chi connectivity index (χ1n) is 6.96. The Bertz CT molecular complexity index is 460. The van der Waals surface area contributed by atoms with Crippen LogP contribution >= 0.6 is 0 Å². The summed E-state index contributed by atoms with van der Waals surface area (Å²) < 4.78 is 0. The van der Waals surface area contributed by atoms with E-state index in [0.717, 1.165) is 44.8 Å². The first-order valence-corrected chi connectivity index (χ1v) is 6.96. The Labute approximate surface area is 118 Å². The molecule has 7 heteroatoms. The number of nitro groups is 1. The summed E-state index contributed by atoms with van der Waals surface area (Å²) in [5.41, 5.74) is 0.818.